The van der Waals surface area contributed by atoms with Crippen molar-refractivity contribution < 1.29 is 22.8 Å². The molecule has 18 heavy (non-hydrogen) atoms. The highest BCUT2D eigenvalue weighted by Crippen LogP contribution is 2.64. The van der Waals surface area contributed by atoms with Gasteiger partial charge >= 0.3 is 13.3 Å². The van der Waals surface area contributed by atoms with E-state index in [1.54, 1.807) is 0 Å². The number of hydrogen-bond acceptors (Lipinski definition) is 2. The van der Waals surface area contributed by atoms with Crippen LogP contribution < -0.4 is 0 Å². The van der Waals surface area contributed by atoms with Gasteiger partial charge in [0.2, 0.25) is 0 Å². The Hall–Kier alpha value is 0.190. The zero-order valence-electron chi connectivity index (χ0n) is 9.37. The van der Waals surface area contributed by atoms with Gasteiger partial charge in [-0.25, -0.2) is 0 Å². The average Bonchev–Trinajstić information content (AvgIpc) is 2.28. The third kappa shape index (κ3) is 3.20. The van der Waals surface area contributed by atoms with Gasteiger partial charge in [-0.2, -0.15) is 8.78 Å². The van der Waals surface area contributed by atoms with Gasteiger partial charge in [0.25, 0.3) is 0 Å². The zero-order valence-corrected chi connectivity index (χ0v) is 13.4. The van der Waals surface area contributed by atoms with E-state index in [0.29, 0.717) is 5.33 Å². The number of hydrogen-bond donors (Lipinski definition) is 1. The third-order valence-corrected chi connectivity index (χ3v) is 5.03. The van der Waals surface area contributed by atoms with Crippen molar-refractivity contribution in [3.8, 4) is 0 Å². The maximum atomic E-state index is 13.9. The fourth-order valence-corrected chi connectivity index (χ4v) is 3.48. The Kier molecular flexibility index (Phi) is 5.50. The first-order valence-electron chi connectivity index (χ1n) is 4.96. The fraction of sp³-hybridized carbons (Fsp3) is 0.400. The number of rotatable bonds is 5. The highest BCUT2D eigenvalue weighted by atomic mass is 79.9. The van der Waals surface area contributed by atoms with Crippen molar-refractivity contribution in [2.45, 2.75) is 17.9 Å². The van der Waals surface area contributed by atoms with E-state index in [-0.39, 0.29) is 11.1 Å². The molecule has 0 aliphatic rings. The van der Waals surface area contributed by atoms with Gasteiger partial charge in [-0.15, -0.1) is 0 Å². The maximum Gasteiger partial charge on any atom is 0.401 e. The molecule has 1 atom stereocenters. The van der Waals surface area contributed by atoms with Crippen molar-refractivity contribution in [2.24, 2.45) is 0 Å². The Morgan fingerprint density at radius 3 is 2.56 bits per heavy atom. The van der Waals surface area contributed by atoms with Crippen molar-refractivity contribution in [1.29, 1.82) is 0 Å². The van der Waals surface area contributed by atoms with Gasteiger partial charge in [0, 0.05) is 15.4 Å². The van der Waals surface area contributed by atoms with Crippen molar-refractivity contribution in [3.05, 3.63) is 33.8 Å². The molecule has 0 aliphatic carbocycles. The molecule has 1 unspecified atom stereocenters. The lowest BCUT2D eigenvalue weighted by Gasteiger charge is -2.23. The van der Waals surface area contributed by atoms with E-state index >= 15 is 0 Å². The Morgan fingerprint density at radius 1 is 1.50 bits per heavy atom. The van der Waals surface area contributed by atoms with Crippen LogP contribution in [0.25, 0.3) is 0 Å². The minimum atomic E-state index is -5.04. The van der Waals surface area contributed by atoms with Crippen LogP contribution in [0, 0.1) is 0 Å². The van der Waals surface area contributed by atoms with Crippen LogP contribution in [0.2, 0.25) is 0 Å². The second-order valence-electron chi connectivity index (χ2n) is 3.43. The van der Waals surface area contributed by atoms with Gasteiger partial charge in [0.15, 0.2) is 0 Å². The lowest BCUT2D eigenvalue weighted by molar-refractivity contribution is 0.0459. The van der Waals surface area contributed by atoms with E-state index in [4.69, 9.17) is 0 Å². The minimum absolute atomic E-state index is 0.0680. The van der Waals surface area contributed by atoms with Crippen molar-refractivity contribution in [2.75, 3.05) is 6.61 Å². The predicted molar refractivity (Wildman–Crippen MR) is 72.1 cm³/mol. The molecular weight excluding hydrogens is 397 g/mol. The van der Waals surface area contributed by atoms with Crippen LogP contribution in [0.3, 0.4) is 0 Å². The summed E-state index contributed by atoms with van der Waals surface area (Å²) in [6.07, 6.45) is 0. The molecule has 0 bridgehead atoms. The number of alkyl halides is 3. The summed E-state index contributed by atoms with van der Waals surface area (Å²) in [5.74, 6) is 0. The normalized spacial score (nSPS) is 15.4. The smallest absolute Gasteiger partial charge is 0.320 e. The van der Waals surface area contributed by atoms with Crippen LogP contribution in [-0.4, -0.2) is 11.5 Å². The Balaban J connectivity index is 3.24. The van der Waals surface area contributed by atoms with E-state index in [2.05, 4.69) is 36.4 Å². The molecule has 0 amide bonds. The van der Waals surface area contributed by atoms with E-state index in [0.717, 1.165) is 11.6 Å². The molecule has 1 aromatic carbocycles. The molecule has 1 rings (SSSR count). The van der Waals surface area contributed by atoms with Crippen LogP contribution in [0.4, 0.5) is 8.78 Å². The van der Waals surface area contributed by atoms with Crippen molar-refractivity contribution in [1.82, 2.24) is 0 Å². The van der Waals surface area contributed by atoms with E-state index < -0.39 is 18.8 Å². The summed E-state index contributed by atoms with van der Waals surface area (Å²) in [6.45, 7) is 1.11. The van der Waals surface area contributed by atoms with Crippen LogP contribution in [0.1, 0.15) is 18.1 Å². The molecule has 0 fully saturated rings. The van der Waals surface area contributed by atoms with Gasteiger partial charge in [0.1, 0.15) is 0 Å². The van der Waals surface area contributed by atoms with Crippen LogP contribution in [-0.2, 0) is 20.1 Å². The van der Waals surface area contributed by atoms with Crippen molar-refractivity contribution in [3.63, 3.8) is 0 Å². The number of halogens is 4. The molecule has 1 aromatic rings. The summed E-state index contributed by atoms with van der Waals surface area (Å²) < 4.78 is 43.7. The second-order valence-corrected chi connectivity index (χ2v) is 6.70. The van der Waals surface area contributed by atoms with Gasteiger partial charge in [-0.05, 0) is 18.6 Å². The van der Waals surface area contributed by atoms with E-state index in [1.165, 1.54) is 19.1 Å². The lowest BCUT2D eigenvalue weighted by atomic mass is 10.1. The Bertz CT molecular complexity index is 482. The van der Waals surface area contributed by atoms with Gasteiger partial charge in [0.05, 0.1) is 6.61 Å². The molecule has 1 N–H and O–H groups in total. The molecule has 0 heterocycles. The topological polar surface area (TPSA) is 46.5 Å². The molecule has 0 aliphatic heterocycles. The van der Waals surface area contributed by atoms with Crippen LogP contribution in [0.15, 0.2) is 22.7 Å². The van der Waals surface area contributed by atoms with Crippen LogP contribution >= 0.6 is 39.5 Å². The number of benzene rings is 1. The standard InChI is InChI=1S/C10H11Br2F2O3P/c1-2-17-18(15,16)10(13,14)8-4-3-7(6-11)5-9(8)12/h3-5H,2,6H2,1H3,(H,15,16). The zero-order chi connectivity index (χ0) is 14.0. The molecule has 0 radical (unpaired) electrons. The second kappa shape index (κ2) is 6.09. The molecule has 0 saturated heterocycles. The summed E-state index contributed by atoms with van der Waals surface area (Å²) in [5.41, 5.74) is -3.75. The average molecular weight is 408 g/mol. The monoisotopic (exact) mass is 406 g/mol. The maximum absolute atomic E-state index is 13.9. The largest absolute Gasteiger partial charge is 0.401 e. The summed E-state index contributed by atoms with van der Waals surface area (Å²) in [5, 5.41) is 0.500. The first-order chi connectivity index (χ1) is 8.26. The van der Waals surface area contributed by atoms with E-state index in [9.17, 15) is 18.2 Å². The highest BCUT2D eigenvalue weighted by Gasteiger charge is 2.53. The van der Waals surface area contributed by atoms with Crippen molar-refractivity contribution >= 4 is 39.5 Å². The Labute approximate surface area is 120 Å². The summed E-state index contributed by atoms with van der Waals surface area (Å²) in [4.78, 5) is 9.30. The third-order valence-electron chi connectivity index (χ3n) is 2.17. The van der Waals surface area contributed by atoms with Gasteiger partial charge in [-0.1, -0.05) is 44.0 Å². The highest BCUT2D eigenvalue weighted by molar-refractivity contribution is 9.10. The predicted octanol–water partition coefficient (Wildman–Crippen LogP) is 4.62. The molecular formula is C10H11Br2F2O3P. The fourth-order valence-electron chi connectivity index (χ4n) is 1.29. The molecule has 0 spiro atoms. The molecule has 3 nitrogen and oxygen atoms in total. The Morgan fingerprint density at radius 2 is 2.11 bits per heavy atom. The molecule has 8 heteroatoms. The minimum Gasteiger partial charge on any atom is -0.320 e. The SMILES string of the molecule is CCOP(=O)(O)C(F)(F)c1ccc(CBr)cc1Br. The van der Waals surface area contributed by atoms with Gasteiger partial charge in [-0.3, -0.25) is 4.57 Å². The summed E-state index contributed by atoms with van der Waals surface area (Å²) in [6, 6.07) is 4.03. The first kappa shape index (κ1) is 16.2. The van der Waals surface area contributed by atoms with Crippen LogP contribution in [0.5, 0.6) is 0 Å². The van der Waals surface area contributed by atoms with E-state index in [1.807, 2.05) is 0 Å². The summed E-state index contributed by atoms with van der Waals surface area (Å²) in [7, 11) is -5.04. The molecule has 0 saturated carbocycles. The lowest BCUT2D eigenvalue weighted by Crippen LogP contribution is -2.16. The molecule has 102 valence electrons. The quantitative estimate of drug-likeness (QED) is 0.572. The first-order valence-corrected chi connectivity index (χ1v) is 8.45. The molecule has 0 aromatic heterocycles. The summed E-state index contributed by atoms with van der Waals surface area (Å²) >= 11 is 6.17. The van der Waals surface area contributed by atoms with Gasteiger partial charge < -0.3 is 9.42 Å².